The molecule has 1 N–H and O–H groups in total. The van der Waals surface area contributed by atoms with E-state index in [1.807, 2.05) is 0 Å². The Balaban J connectivity index is 1.48. The third-order valence-electron chi connectivity index (χ3n) is 4.90. The molecule has 2 aromatic heterocycles. The van der Waals surface area contributed by atoms with Crippen molar-refractivity contribution < 1.29 is 22.1 Å². The van der Waals surface area contributed by atoms with Crippen molar-refractivity contribution in [2.45, 2.75) is 24.0 Å². The number of halogens is 2. The predicted octanol–water partition coefficient (Wildman–Crippen LogP) is 3.94. The van der Waals surface area contributed by atoms with E-state index < -0.39 is 21.8 Å². The van der Waals surface area contributed by atoms with Gasteiger partial charge in [0.1, 0.15) is 10.0 Å². The Kier molecular flexibility index (Phi) is 6.11. The summed E-state index contributed by atoms with van der Waals surface area (Å²) in [7, 11) is -3.79. The summed E-state index contributed by atoms with van der Waals surface area (Å²) in [5.41, 5.74) is 0.837. The van der Waals surface area contributed by atoms with Crippen LogP contribution in [0.25, 0.3) is 11.4 Å². The van der Waals surface area contributed by atoms with E-state index in [9.17, 15) is 17.6 Å². The summed E-state index contributed by atoms with van der Waals surface area (Å²) >= 11 is 7.04. The van der Waals surface area contributed by atoms with Gasteiger partial charge >= 0.3 is 0 Å². The number of anilines is 1. The van der Waals surface area contributed by atoms with Gasteiger partial charge in [-0.05, 0) is 37.1 Å². The SMILES string of the molecule is Cc1nc(-c2csc(S(=O)(=O)N3CCC[C@@H](C(=O)Nc4ccc(F)cc4Cl)C3)c2)no1. The molecule has 4 rings (SSSR count). The Hall–Kier alpha value is -2.34. The van der Waals surface area contributed by atoms with E-state index in [2.05, 4.69) is 15.5 Å². The second kappa shape index (κ2) is 8.65. The predicted molar refractivity (Wildman–Crippen MR) is 114 cm³/mol. The lowest BCUT2D eigenvalue weighted by molar-refractivity contribution is -0.120. The van der Waals surface area contributed by atoms with E-state index in [-0.39, 0.29) is 27.4 Å². The molecule has 1 amide bonds. The lowest BCUT2D eigenvalue weighted by atomic mass is 9.98. The lowest BCUT2D eigenvalue weighted by Crippen LogP contribution is -2.43. The van der Waals surface area contributed by atoms with Gasteiger partial charge in [0.2, 0.25) is 17.6 Å². The zero-order chi connectivity index (χ0) is 22.2. The molecule has 3 aromatic rings. The molecule has 0 radical (unpaired) electrons. The molecule has 1 fully saturated rings. The lowest BCUT2D eigenvalue weighted by Gasteiger charge is -2.30. The molecule has 0 spiro atoms. The number of aryl methyl sites for hydroxylation is 1. The minimum Gasteiger partial charge on any atom is -0.339 e. The van der Waals surface area contributed by atoms with Gasteiger partial charge < -0.3 is 9.84 Å². The van der Waals surface area contributed by atoms with Crippen LogP contribution in [0.4, 0.5) is 10.1 Å². The van der Waals surface area contributed by atoms with Gasteiger partial charge in [0.25, 0.3) is 10.0 Å². The van der Waals surface area contributed by atoms with Crippen molar-refractivity contribution in [3.8, 4) is 11.4 Å². The third kappa shape index (κ3) is 4.64. The van der Waals surface area contributed by atoms with Gasteiger partial charge in [-0.15, -0.1) is 11.3 Å². The number of sulfonamides is 1. The number of benzene rings is 1. The number of aromatic nitrogens is 2. The number of piperidine rings is 1. The highest BCUT2D eigenvalue weighted by molar-refractivity contribution is 7.91. The maximum Gasteiger partial charge on any atom is 0.252 e. The molecule has 31 heavy (non-hydrogen) atoms. The number of rotatable bonds is 5. The van der Waals surface area contributed by atoms with E-state index in [4.69, 9.17) is 16.1 Å². The van der Waals surface area contributed by atoms with Gasteiger partial charge in [0.15, 0.2) is 0 Å². The molecule has 0 aliphatic carbocycles. The molecule has 3 heterocycles. The molecule has 1 aromatic carbocycles. The molecular formula is C19H18ClFN4O4S2. The van der Waals surface area contributed by atoms with Crippen LogP contribution in [0.2, 0.25) is 5.02 Å². The van der Waals surface area contributed by atoms with Gasteiger partial charge in [0.05, 0.1) is 16.6 Å². The van der Waals surface area contributed by atoms with Gasteiger partial charge in [-0.2, -0.15) is 9.29 Å². The number of carbonyl (C=O) groups excluding carboxylic acids is 1. The molecule has 1 atom stereocenters. The standard InChI is InChI=1S/C19H18ClFN4O4S2/c1-11-22-18(24-29-11)13-7-17(30-10-13)31(27,28)25-6-2-3-12(9-25)19(26)23-16-5-4-14(21)8-15(16)20/h4-5,7-8,10,12H,2-3,6,9H2,1H3,(H,23,26)/t12-/m1/s1. The number of hydrogen-bond acceptors (Lipinski definition) is 7. The minimum atomic E-state index is -3.79. The average molecular weight is 485 g/mol. The molecule has 1 saturated heterocycles. The van der Waals surface area contributed by atoms with Crippen LogP contribution in [-0.4, -0.2) is 41.9 Å². The molecule has 1 aliphatic rings. The number of hydrogen-bond donors (Lipinski definition) is 1. The minimum absolute atomic E-state index is 0.0432. The first kappa shape index (κ1) is 21.9. The van der Waals surface area contributed by atoms with Crippen LogP contribution in [0.5, 0.6) is 0 Å². The Morgan fingerprint density at radius 1 is 1.39 bits per heavy atom. The Morgan fingerprint density at radius 2 is 2.19 bits per heavy atom. The Morgan fingerprint density at radius 3 is 2.90 bits per heavy atom. The van der Waals surface area contributed by atoms with Crippen molar-refractivity contribution in [2.24, 2.45) is 5.92 Å². The van der Waals surface area contributed by atoms with Crippen LogP contribution in [0.3, 0.4) is 0 Å². The average Bonchev–Trinajstić information content (AvgIpc) is 3.39. The van der Waals surface area contributed by atoms with E-state index in [1.165, 1.54) is 22.5 Å². The van der Waals surface area contributed by atoms with E-state index in [0.29, 0.717) is 36.7 Å². The van der Waals surface area contributed by atoms with E-state index in [0.717, 1.165) is 17.4 Å². The number of amides is 1. The van der Waals surface area contributed by atoms with Crippen molar-refractivity contribution in [1.29, 1.82) is 0 Å². The topological polar surface area (TPSA) is 105 Å². The quantitative estimate of drug-likeness (QED) is 0.588. The largest absolute Gasteiger partial charge is 0.339 e. The number of carbonyl (C=O) groups is 1. The fourth-order valence-electron chi connectivity index (χ4n) is 3.31. The first-order valence-corrected chi connectivity index (χ1v) is 12.1. The fourth-order valence-corrected chi connectivity index (χ4v) is 6.36. The summed E-state index contributed by atoms with van der Waals surface area (Å²) in [5.74, 6) is -0.713. The molecule has 0 unspecified atom stereocenters. The third-order valence-corrected chi connectivity index (χ3v) is 8.49. The zero-order valence-electron chi connectivity index (χ0n) is 16.3. The summed E-state index contributed by atoms with van der Waals surface area (Å²) in [6.07, 6.45) is 1.07. The maximum atomic E-state index is 13.2. The zero-order valence-corrected chi connectivity index (χ0v) is 18.7. The van der Waals surface area contributed by atoms with Gasteiger partial charge in [-0.3, -0.25) is 4.79 Å². The second-order valence-corrected chi connectivity index (χ2v) is 10.6. The maximum absolute atomic E-state index is 13.2. The molecule has 12 heteroatoms. The fraction of sp³-hybridized carbons (Fsp3) is 0.316. The van der Waals surface area contributed by atoms with Crippen molar-refractivity contribution >= 4 is 44.6 Å². The number of nitrogens with one attached hydrogen (secondary N) is 1. The summed E-state index contributed by atoms with van der Waals surface area (Å²) in [6, 6.07) is 5.18. The van der Waals surface area contributed by atoms with Crippen LogP contribution in [-0.2, 0) is 14.8 Å². The summed E-state index contributed by atoms with van der Waals surface area (Å²) < 4.78 is 45.9. The van der Waals surface area contributed by atoms with Crippen molar-refractivity contribution in [3.63, 3.8) is 0 Å². The normalized spacial score (nSPS) is 17.6. The van der Waals surface area contributed by atoms with E-state index in [1.54, 1.807) is 12.3 Å². The van der Waals surface area contributed by atoms with Crippen LogP contribution >= 0.6 is 22.9 Å². The van der Waals surface area contributed by atoms with Crippen molar-refractivity contribution in [1.82, 2.24) is 14.4 Å². The number of thiophene rings is 1. The summed E-state index contributed by atoms with van der Waals surface area (Å²) in [4.78, 5) is 16.8. The summed E-state index contributed by atoms with van der Waals surface area (Å²) in [6.45, 7) is 2.01. The highest BCUT2D eigenvalue weighted by Gasteiger charge is 2.34. The van der Waals surface area contributed by atoms with Gasteiger partial charge in [-0.25, -0.2) is 12.8 Å². The Bertz CT molecular complexity index is 1230. The smallest absolute Gasteiger partial charge is 0.252 e. The van der Waals surface area contributed by atoms with Crippen LogP contribution < -0.4 is 5.32 Å². The summed E-state index contributed by atoms with van der Waals surface area (Å²) in [5, 5.41) is 8.20. The highest BCUT2D eigenvalue weighted by Crippen LogP contribution is 2.32. The van der Waals surface area contributed by atoms with Crippen LogP contribution in [0.1, 0.15) is 18.7 Å². The monoisotopic (exact) mass is 484 g/mol. The molecule has 1 aliphatic heterocycles. The first-order valence-electron chi connectivity index (χ1n) is 9.39. The molecular weight excluding hydrogens is 467 g/mol. The second-order valence-electron chi connectivity index (χ2n) is 7.11. The van der Waals surface area contributed by atoms with Crippen molar-refractivity contribution in [2.75, 3.05) is 18.4 Å². The Labute approximate surface area is 187 Å². The van der Waals surface area contributed by atoms with Crippen LogP contribution in [0.15, 0.2) is 38.4 Å². The van der Waals surface area contributed by atoms with Gasteiger partial charge in [-0.1, -0.05) is 16.8 Å². The molecule has 8 nitrogen and oxygen atoms in total. The molecule has 0 saturated carbocycles. The molecule has 0 bridgehead atoms. The van der Waals surface area contributed by atoms with Crippen LogP contribution in [0, 0.1) is 18.7 Å². The first-order chi connectivity index (χ1) is 14.7. The molecule has 164 valence electrons. The van der Waals surface area contributed by atoms with Crippen molar-refractivity contribution in [3.05, 3.63) is 46.4 Å². The van der Waals surface area contributed by atoms with Gasteiger partial charge in [0, 0.05) is 31.0 Å². The van der Waals surface area contributed by atoms with E-state index >= 15 is 0 Å². The highest BCUT2D eigenvalue weighted by atomic mass is 35.5. The number of nitrogens with zero attached hydrogens (tertiary/aromatic N) is 3.